The molecule has 1 saturated heterocycles. The standard InChI is InChI=1S/C25H24F2N4O2/c26-21-10-19(11-22(27)12-21)24-7-8-33-31(24)25(32)18-4-1-16(2-5-18)15-30-23-6-3-17(13-28)9-20(23)14-29-30/h3,6,9-12,14,16,18,24H,1-2,4-5,7-8,15H2/t16-,18-,24-/m0/s1. The summed E-state index contributed by atoms with van der Waals surface area (Å²) >= 11 is 0. The number of nitriles is 1. The van der Waals surface area contributed by atoms with Gasteiger partial charge in [0.05, 0.1) is 36.0 Å². The summed E-state index contributed by atoms with van der Waals surface area (Å²) in [5.41, 5.74) is 2.05. The van der Waals surface area contributed by atoms with Crippen molar-refractivity contribution in [1.82, 2.24) is 14.8 Å². The minimum atomic E-state index is -0.653. The summed E-state index contributed by atoms with van der Waals surface area (Å²) in [5.74, 6) is -1.16. The number of hydroxylamine groups is 2. The van der Waals surface area contributed by atoms with Crippen LogP contribution in [0.4, 0.5) is 8.78 Å². The van der Waals surface area contributed by atoms with Crippen molar-refractivity contribution in [3.05, 3.63) is 65.4 Å². The Morgan fingerprint density at radius 3 is 2.58 bits per heavy atom. The average Bonchev–Trinajstić information content (AvgIpc) is 3.46. The summed E-state index contributed by atoms with van der Waals surface area (Å²) in [5, 5.41) is 15.8. The van der Waals surface area contributed by atoms with Gasteiger partial charge in [-0.1, -0.05) is 0 Å². The van der Waals surface area contributed by atoms with Crippen LogP contribution in [0.2, 0.25) is 0 Å². The molecule has 1 aliphatic heterocycles. The van der Waals surface area contributed by atoms with E-state index in [2.05, 4.69) is 11.2 Å². The van der Waals surface area contributed by atoms with Gasteiger partial charge in [-0.15, -0.1) is 0 Å². The van der Waals surface area contributed by atoms with E-state index in [0.717, 1.165) is 49.2 Å². The fourth-order valence-corrected chi connectivity index (χ4v) is 5.08. The molecule has 8 heteroatoms. The van der Waals surface area contributed by atoms with Crippen LogP contribution in [0.5, 0.6) is 0 Å². The van der Waals surface area contributed by atoms with Gasteiger partial charge in [-0.3, -0.25) is 14.3 Å². The Balaban J connectivity index is 1.22. The highest BCUT2D eigenvalue weighted by Gasteiger charge is 2.37. The number of carbonyl (C=O) groups is 1. The number of aromatic nitrogens is 2. The Labute approximate surface area is 190 Å². The number of hydrogen-bond acceptors (Lipinski definition) is 4. The molecule has 33 heavy (non-hydrogen) atoms. The number of fused-ring (bicyclic) bond motifs is 1. The van der Waals surface area contributed by atoms with E-state index in [1.807, 2.05) is 16.8 Å². The summed E-state index contributed by atoms with van der Waals surface area (Å²) < 4.78 is 29.4. The van der Waals surface area contributed by atoms with Gasteiger partial charge in [0.25, 0.3) is 0 Å². The SMILES string of the molecule is N#Cc1ccc2c(cnn2C[C@H]2CC[C@H](C(=O)N3OCC[C@H]3c3cc(F)cc(F)c3)CC2)c1. The molecule has 2 aliphatic rings. The molecular formula is C25H24F2N4O2. The van der Waals surface area contributed by atoms with Crippen molar-refractivity contribution in [1.29, 1.82) is 5.26 Å². The number of hydrogen-bond donors (Lipinski definition) is 0. The minimum absolute atomic E-state index is 0.103. The summed E-state index contributed by atoms with van der Waals surface area (Å²) in [4.78, 5) is 18.8. The van der Waals surface area contributed by atoms with Gasteiger partial charge in [0.15, 0.2) is 0 Å². The molecule has 0 radical (unpaired) electrons. The number of halogens is 2. The van der Waals surface area contributed by atoms with Gasteiger partial charge in [-0.2, -0.15) is 10.4 Å². The number of carbonyl (C=O) groups excluding carboxylic acids is 1. The molecule has 2 aromatic carbocycles. The lowest BCUT2D eigenvalue weighted by Crippen LogP contribution is -2.37. The van der Waals surface area contributed by atoms with Crippen LogP contribution in [0.1, 0.15) is 49.3 Å². The average molecular weight is 450 g/mol. The first-order valence-electron chi connectivity index (χ1n) is 11.3. The van der Waals surface area contributed by atoms with Gasteiger partial charge >= 0.3 is 0 Å². The van der Waals surface area contributed by atoms with Gasteiger partial charge in [-0.25, -0.2) is 13.8 Å². The summed E-state index contributed by atoms with van der Waals surface area (Å²) in [7, 11) is 0. The summed E-state index contributed by atoms with van der Waals surface area (Å²) in [6.45, 7) is 1.12. The van der Waals surface area contributed by atoms with E-state index in [4.69, 9.17) is 10.1 Å². The van der Waals surface area contributed by atoms with Crippen LogP contribution in [0.15, 0.2) is 42.6 Å². The van der Waals surface area contributed by atoms with E-state index in [1.54, 1.807) is 12.3 Å². The molecule has 0 spiro atoms. The van der Waals surface area contributed by atoms with Gasteiger partial charge in [0.1, 0.15) is 11.6 Å². The van der Waals surface area contributed by atoms with E-state index in [1.165, 1.54) is 17.2 Å². The van der Waals surface area contributed by atoms with E-state index >= 15 is 0 Å². The highest BCUT2D eigenvalue weighted by atomic mass is 19.1. The molecule has 3 aromatic rings. The first-order valence-corrected chi connectivity index (χ1v) is 11.3. The first kappa shape index (κ1) is 21.5. The molecule has 2 fully saturated rings. The summed E-state index contributed by atoms with van der Waals surface area (Å²) in [6.07, 6.45) is 5.56. The zero-order valence-electron chi connectivity index (χ0n) is 18.1. The molecule has 2 heterocycles. The monoisotopic (exact) mass is 450 g/mol. The molecule has 1 aromatic heterocycles. The highest BCUT2D eigenvalue weighted by molar-refractivity contribution is 5.80. The molecule has 1 amide bonds. The second-order valence-electron chi connectivity index (χ2n) is 8.93. The Hall–Kier alpha value is -3.31. The van der Waals surface area contributed by atoms with Crippen LogP contribution in [0, 0.1) is 34.8 Å². The zero-order valence-corrected chi connectivity index (χ0v) is 18.1. The molecule has 0 unspecified atom stereocenters. The van der Waals surface area contributed by atoms with Gasteiger partial charge in [0, 0.05) is 30.3 Å². The number of amides is 1. The molecule has 170 valence electrons. The number of benzene rings is 2. The zero-order chi connectivity index (χ0) is 22.9. The second kappa shape index (κ2) is 8.91. The van der Waals surface area contributed by atoms with E-state index in [0.29, 0.717) is 30.1 Å². The lowest BCUT2D eigenvalue weighted by Gasteiger charge is -2.32. The van der Waals surface area contributed by atoms with Crippen LogP contribution >= 0.6 is 0 Å². The predicted octanol–water partition coefficient (Wildman–Crippen LogP) is 4.90. The van der Waals surface area contributed by atoms with Crippen molar-refractivity contribution in [3.63, 3.8) is 0 Å². The maximum absolute atomic E-state index is 13.7. The second-order valence-corrected chi connectivity index (χ2v) is 8.93. The molecule has 6 nitrogen and oxygen atoms in total. The van der Waals surface area contributed by atoms with Crippen LogP contribution < -0.4 is 0 Å². The van der Waals surface area contributed by atoms with Crippen molar-refractivity contribution in [3.8, 4) is 6.07 Å². The maximum atomic E-state index is 13.7. The van der Waals surface area contributed by atoms with Gasteiger partial charge in [-0.05, 0) is 67.5 Å². The van der Waals surface area contributed by atoms with E-state index < -0.39 is 17.7 Å². The highest BCUT2D eigenvalue weighted by Crippen LogP contribution is 2.37. The number of rotatable bonds is 4. The molecule has 1 atom stereocenters. The molecule has 1 saturated carbocycles. The Morgan fingerprint density at radius 2 is 1.85 bits per heavy atom. The van der Waals surface area contributed by atoms with Gasteiger partial charge < -0.3 is 0 Å². The lowest BCUT2D eigenvalue weighted by molar-refractivity contribution is -0.183. The minimum Gasteiger partial charge on any atom is -0.272 e. The van der Waals surface area contributed by atoms with Crippen LogP contribution in [0.25, 0.3) is 10.9 Å². The smallest absolute Gasteiger partial charge is 0.249 e. The van der Waals surface area contributed by atoms with E-state index in [9.17, 15) is 13.6 Å². The summed E-state index contributed by atoms with van der Waals surface area (Å²) in [6, 6.07) is 10.6. The third-order valence-electron chi connectivity index (χ3n) is 6.79. The third kappa shape index (κ3) is 4.33. The fraction of sp³-hybridized carbons (Fsp3) is 0.400. The Morgan fingerprint density at radius 1 is 1.09 bits per heavy atom. The largest absolute Gasteiger partial charge is 0.272 e. The lowest BCUT2D eigenvalue weighted by atomic mass is 9.81. The Kier molecular flexibility index (Phi) is 5.81. The quantitative estimate of drug-likeness (QED) is 0.567. The van der Waals surface area contributed by atoms with Gasteiger partial charge in [0.2, 0.25) is 5.91 Å². The van der Waals surface area contributed by atoms with Crippen molar-refractivity contribution in [2.24, 2.45) is 11.8 Å². The van der Waals surface area contributed by atoms with E-state index in [-0.39, 0.29) is 11.8 Å². The molecular weight excluding hydrogens is 426 g/mol. The number of nitrogens with zero attached hydrogens (tertiary/aromatic N) is 4. The van der Waals surface area contributed by atoms with Crippen molar-refractivity contribution in [2.45, 2.75) is 44.7 Å². The molecule has 0 bridgehead atoms. The normalized spacial score (nSPS) is 23.1. The van der Waals surface area contributed by atoms with Crippen LogP contribution in [-0.4, -0.2) is 27.4 Å². The van der Waals surface area contributed by atoms with Crippen molar-refractivity contribution >= 4 is 16.8 Å². The maximum Gasteiger partial charge on any atom is 0.249 e. The Bertz CT molecular complexity index is 1210. The molecule has 5 rings (SSSR count). The molecule has 0 N–H and O–H groups in total. The predicted molar refractivity (Wildman–Crippen MR) is 116 cm³/mol. The molecule has 1 aliphatic carbocycles. The van der Waals surface area contributed by atoms with Crippen molar-refractivity contribution < 1.29 is 18.4 Å². The van der Waals surface area contributed by atoms with Crippen molar-refractivity contribution in [2.75, 3.05) is 6.61 Å². The third-order valence-corrected chi connectivity index (χ3v) is 6.79. The van der Waals surface area contributed by atoms with Crippen LogP contribution in [-0.2, 0) is 16.2 Å². The van der Waals surface area contributed by atoms with Crippen LogP contribution in [0.3, 0.4) is 0 Å². The first-order chi connectivity index (χ1) is 16.0. The topological polar surface area (TPSA) is 71.2 Å². The fourth-order valence-electron chi connectivity index (χ4n) is 5.08.